The largest absolute Gasteiger partial charge is 0.481 e. The Bertz CT molecular complexity index is 624. The van der Waals surface area contributed by atoms with Gasteiger partial charge in [0, 0.05) is 24.8 Å². The number of anilines is 1. The number of rotatable bonds is 2. The van der Waals surface area contributed by atoms with Gasteiger partial charge in [0.15, 0.2) is 0 Å². The van der Waals surface area contributed by atoms with E-state index in [0.29, 0.717) is 12.3 Å². The molecular weight excluding hydrogens is 246 g/mol. The topological polar surface area (TPSA) is 83.6 Å². The lowest BCUT2D eigenvalue weighted by molar-refractivity contribution is -0.141. The van der Waals surface area contributed by atoms with Crippen LogP contribution >= 0.6 is 0 Å². The monoisotopic (exact) mass is 261 g/mol. The first kappa shape index (κ1) is 11.9. The van der Waals surface area contributed by atoms with Crippen LogP contribution in [0.25, 0.3) is 5.78 Å². The zero-order valence-corrected chi connectivity index (χ0v) is 10.7. The molecule has 100 valence electrons. The summed E-state index contributed by atoms with van der Waals surface area (Å²) in [4.78, 5) is 21.6. The van der Waals surface area contributed by atoms with Gasteiger partial charge in [-0.1, -0.05) is 0 Å². The van der Waals surface area contributed by atoms with Gasteiger partial charge in [0.25, 0.3) is 5.78 Å². The van der Waals surface area contributed by atoms with Gasteiger partial charge in [-0.3, -0.25) is 4.79 Å². The Hall–Kier alpha value is -2.18. The third-order valence-corrected chi connectivity index (χ3v) is 3.46. The molecule has 0 unspecified atom stereocenters. The van der Waals surface area contributed by atoms with Crippen LogP contribution in [-0.2, 0) is 4.79 Å². The van der Waals surface area contributed by atoms with Crippen LogP contribution in [0.15, 0.2) is 12.4 Å². The summed E-state index contributed by atoms with van der Waals surface area (Å²) in [6.45, 7) is 3.24. The van der Waals surface area contributed by atoms with Crippen molar-refractivity contribution in [2.75, 3.05) is 18.0 Å². The molecule has 2 aromatic rings. The van der Waals surface area contributed by atoms with Gasteiger partial charge in [-0.15, -0.1) is 0 Å². The molecule has 7 nitrogen and oxygen atoms in total. The molecule has 1 aliphatic heterocycles. The highest BCUT2D eigenvalue weighted by molar-refractivity contribution is 5.71. The maximum atomic E-state index is 11.1. The number of carboxylic acids is 1. The van der Waals surface area contributed by atoms with Gasteiger partial charge in [-0.2, -0.15) is 14.6 Å². The lowest BCUT2D eigenvalue weighted by Gasteiger charge is -2.32. The lowest BCUT2D eigenvalue weighted by atomic mass is 9.98. The average Bonchev–Trinajstić information content (AvgIpc) is 2.85. The Kier molecular flexibility index (Phi) is 2.81. The zero-order valence-electron chi connectivity index (χ0n) is 10.7. The Labute approximate surface area is 109 Å². The van der Waals surface area contributed by atoms with Crippen LogP contribution < -0.4 is 4.90 Å². The maximum absolute atomic E-state index is 11.1. The number of hydrogen-bond acceptors (Lipinski definition) is 5. The molecular formula is C12H15N5O2. The SMILES string of the molecule is Cc1cc(N2CCC[C@@H](C(=O)O)C2)n2ncnc2n1. The second-order valence-electron chi connectivity index (χ2n) is 4.85. The van der Waals surface area contributed by atoms with E-state index in [2.05, 4.69) is 20.0 Å². The van der Waals surface area contributed by atoms with Gasteiger partial charge in [-0.05, 0) is 19.8 Å². The standard InChI is InChI=1S/C12H15N5O2/c1-8-5-10(17-12(15-8)13-7-14-17)16-4-2-3-9(6-16)11(18)19/h5,7,9H,2-4,6H2,1H3,(H,18,19)/t9-/m1/s1. The van der Waals surface area contributed by atoms with Crippen molar-refractivity contribution in [1.82, 2.24) is 19.6 Å². The number of aromatic nitrogens is 4. The molecule has 1 aliphatic rings. The number of piperidine rings is 1. The Morgan fingerprint density at radius 3 is 3.16 bits per heavy atom. The maximum Gasteiger partial charge on any atom is 0.308 e. The van der Waals surface area contributed by atoms with Crippen LogP contribution in [0.4, 0.5) is 5.82 Å². The van der Waals surface area contributed by atoms with Gasteiger partial charge in [0.2, 0.25) is 0 Å². The van der Waals surface area contributed by atoms with Crippen molar-refractivity contribution in [3.63, 3.8) is 0 Å². The summed E-state index contributed by atoms with van der Waals surface area (Å²) in [5, 5.41) is 13.3. The molecule has 7 heteroatoms. The summed E-state index contributed by atoms with van der Waals surface area (Å²) in [6, 6.07) is 1.92. The molecule has 2 aromatic heterocycles. The summed E-state index contributed by atoms with van der Waals surface area (Å²) in [5.41, 5.74) is 0.855. The third-order valence-electron chi connectivity index (χ3n) is 3.46. The normalized spacial score (nSPS) is 19.8. The summed E-state index contributed by atoms with van der Waals surface area (Å²) in [5.74, 6) is 0.365. The van der Waals surface area contributed by atoms with Crippen molar-refractivity contribution in [2.45, 2.75) is 19.8 Å². The molecule has 1 atom stereocenters. The van der Waals surface area contributed by atoms with Gasteiger partial charge >= 0.3 is 5.97 Å². The number of aliphatic carboxylic acids is 1. The van der Waals surface area contributed by atoms with Crippen LogP contribution in [0.5, 0.6) is 0 Å². The van der Waals surface area contributed by atoms with E-state index < -0.39 is 5.97 Å². The Balaban J connectivity index is 1.99. The second-order valence-corrected chi connectivity index (χ2v) is 4.85. The molecule has 0 aromatic carbocycles. The number of carboxylic acid groups (broad SMARTS) is 1. The van der Waals surface area contributed by atoms with Crippen LogP contribution in [0.1, 0.15) is 18.5 Å². The molecule has 19 heavy (non-hydrogen) atoms. The van der Waals surface area contributed by atoms with E-state index in [-0.39, 0.29) is 5.92 Å². The molecule has 0 radical (unpaired) electrons. The molecule has 3 rings (SSSR count). The fourth-order valence-electron chi connectivity index (χ4n) is 2.52. The summed E-state index contributed by atoms with van der Waals surface area (Å²) in [7, 11) is 0. The predicted octanol–water partition coefficient (Wildman–Crippen LogP) is 0.734. The lowest BCUT2D eigenvalue weighted by Crippen LogP contribution is -2.39. The number of fused-ring (bicyclic) bond motifs is 1. The van der Waals surface area contributed by atoms with E-state index in [1.165, 1.54) is 6.33 Å². The molecule has 1 saturated heterocycles. The fourth-order valence-corrected chi connectivity index (χ4v) is 2.52. The van der Waals surface area contributed by atoms with Crippen LogP contribution in [0, 0.1) is 12.8 Å². The molecule has 0 saturated carbocycles. The van der Waals surface area contributed by atoms with Crippen molar-refractivity contribution in [2.24, 2.45) is 5.92 Å². The minimum atomic E-state index is -0.731. The number of aryl methyl sites for hydroxylation is 1. The highest BCUT2D eigenvalue weighted by atomic mass is 16.4. The zero-order chi connectivity index (χ0) is 13.4. The quantitative estimate of drug-likeness (QED) is 0.858. The van der Waals surface area contributed by atoms with Gasteiger partial charge in [-0.25, -0.2) is 4.98 Å². The Morgan fingerprint density at radius 2 is 2.37 bits per heavy atom. The van der Waals surface area contributed by atoms with Crippen molar-refractivity contribution >= 4 is 17.6 Å². The molecule has 3 heterocycles. The van der Waals surface area contributed by atoms with E-state index >= 15 is 0 Å². The fraction of sp³-hybridized carbons (Fsp3) is 0.500. The van der Waals surface area contributed by atoms with E-state index in [1.807, 2.05) is 13.0 Å². The van der Waals surface area contributed by atoms with Gasteiger partial charge in [0.1, 0.15) is 12.1 Å². The minimum Gasteiger partial charge on any atom is -0.481 e. The molecule has 1 fully saturated rings. The predicted molar refractivity (Wildman–Crippen MR) is 68.1 cm³/mol. The third kappa shape index (κ3) is 2.11. The van der Waals surface area contributed by atoms with Crippen LogP contribution in [-0.4, -0.2) is 43.7 Å². The van der Waals surface area contributed by atoms with Crippen LogP contribution in [0.3, 0.4) is 0 Å². The van der Waals surface area contributed by atoms with E-state index in [0.717, 1.165) is 30.9 Å². The van der Waals surface area contributed by atoms with Gasteiger partial charge in [0.05, 0.1) is 5.92 Å². The number of hydrogen-bond donors (Lipinski definition) is 1. The van der Waals surface area contributed by atoms with E-state index in [9.17, 15) is 4.79 Å². The van der Waals surface area contributed by atoms with Crippen molar-refractivity contribution in [3.8, 4) is 0 Å². The average molecular weight is 261 g/mol. The highest BCUT2D eigenvalue weighted by Gasteiger charge is 2.27. The minimum absolute atomic E-state index is 0.319. The van der Waals surface area contributed by atoms with E-state index in [1.54, 1.807) is 4.52 Å². The first-order valence-corrected chi connectivity index (χ1v) is 6.30. The molecule has 0 aliphatic carbocycles. The molecule has 1 N–H and O–H groups in total. The van der Waals surface area contributed by atoms with Crippen molar-refractivity contribution < 1.29 is 9.90 Å². The smallest absolute Gasteiger partial charge is 0.308 e. The number of carbonyl (C=O) groups is 1. The van der Waals surface area contributed by atoms with Gasteiger partial charge < -0.3 is 10.0 Å². The Morgan fingerprint density at radius 1 is 1.53 bits per heavy atom. The molecule has 0 bridgehead atoms. The first-order valence-electron chi connectivity index (χ1n) is 6.30. The molecule has 0 amide bonds. The highest BCUT2D eigenvalue weighted by Crippen LogP contribution is 2.23. The van der Waals surface area contributed by atoms with Crippen molar-refractivity contribution in [3.05, 3.63) is 18.1 Å². The summed E-state index contributed by atoms with van der Waals surface area (Å²) in [6.07, 6.45) is 3.06. The van der Waals surface area contributed by atoms with Crippen LogP contribution in [0.2, 0.25) is 0 Å². The number of nitrogens with zero attached hydrogens (tertiary/aromatic N) is 5. The van der Waals surface area contributed by atoms with Crippen molar-refractivity contribution in [1.29, 1.82) is 0 Å². The summed E-state index contributed by atoms with van der Waals surface area (Å²) < 4.78 is 1.66. The van der Waals surface area contributed by atoms with E-state index in [4.69, 9.17) is 5.11 Å². The summed E-state index contributed by atoms with van der Waals surface area (Å²) >= 11 is 0. The molecule has 0 spiro atoms. The second kappa shape index (κ2) is 4.49. The first-order chi connectivity index (χ1) is 9.15.